The Balaban J connectivity index is 3.01. The summed E-state index contributed by atoms with van der Waals surface area (Å²) in [6, 6.07) is 0. The molecule has 0 saturated carbocycles. The molecule has 0 amide bonds. The van der Waals surface area contributed by atoms with Crippen molar-refractivity contribution in [2.45, 2.75) is 6.92 Å². The van der Waals surface area contributed by atoms with E-state index in [1.165, 1.54) is 0 Å². The molecule has 0 radical (unpaired) electrons. The molecular formula is C7H12ClN5. The van der Waals surface area contributed by atoms with Gasteiger partial charge in [0.25, 0.3) is 0 Å². The first-order valence-corrected chi connectivity index (χ1v) is 4.35. The minimum absolute atomic E-state index is 0.203. The van der Waals surface area contributed by atoms with Gasteiger partial charge in [0.15, 0.2) is 0 Å². The van der Waals surface area contributed by atoms with E-state index in [2.05, 4.69) is 20.3 Å². The van der Waals surface area contributed by atoms with E-state index in [1.54, 1.807) is 7.05 Å². The molecule has 72 valence electrons. The van der Waals surface area contributed by atoms with Crippen LogP contribution in [0.2, 0.25) is 5.28 Å². The Morgan fingerprint density at radius 1 is 1.38 bits per heavy atom. The van der Waals surface area contributed by atoms with E-state index in [0.717, 1.165) is 6.54 Å². The predicted octanol–water partition coefficient (Wildman–Crippen LogP) is 1.02. The van der Waals surface area contributed by atoms with Crippen LogP contribution in [0, 0.1) is 0 Å². The molecule has 6 heteroatoms. The molecule has 13 heavy (non-hydrogen) atoms. The van der Waals surface area contributed by atoms with Crippen LogP contribution in [0.3, 0.4) is 0 Å². The van der Waals surface area contributed by atoms with Crippen molar-refractivity contribution in [3.8, 4) is 0 Å². The van der Waals surface area contributed by atoms with E-state index in [1.807, 2.05) is 18.9 Å². The lowest BCUT2D eigenvalue weighted by molar-refractivity contribution is 0.885. The van der Waals surface area contributed by atoms with Crippen molar-refractivity contribution in [2.75, 3.05) is 30.9 Å². The number of rotatable bonds is 3. The molecule has 1 heterocycles. The number of anilines is 2. The van der Waals surface area contributed by atoms with Gasteiger partial charge in [-0.15, -0.1) is 0 Å². The average molecular weight is 202 g/mol. The minimum atomic E-state index is 0.203. The Morgan fingerprint density at radius 3 is 2.62 bits per heavy atom. The molecule has 1 N–H and O–H groups in total. The summed E-state index contributed by atoms with van der Waals surface area (Å²) >= 11 is 5.70. The van der Waals surface area contributed by atoms with Crippen molar-refractivity contribution in [3.63, 3.8) is 0 Å². The first kappa shape index (κ1) is 9.98. The van der Waals surface area contributed by atoms with Crippen LogP contribution in [0.15, 0.2) is 0 Å². The van der Waals surface area contributed by atoms with Crippen LogP contribution < -0.4 is 10.2 Å². The molecule has 0 aliphatic rings. The number of hydrogen-bond donors (Lipinski definition) is 1. The average Bonchev–Trinajstić information content (AvgIpc) is 2.15. The highest BCUT2D eigenvalue weighted by Crippen LogP contribution is 2.11. The van der Waals surface area contributed by atoms with Gasteiger partial charge in [0, 0.05) is 20.6 Å². The SMILES string of the molecule is CCN(C)c1nc(Cl)nc(NC)n1. The van der Waals surface area contributed by atoms with Crippen molar-refractivity contribution in [2.24, 2.45) is 0 Å². The highest BCUT2D eigenvalue weighted by atomic mass is 35.5. The largest absolute Gasteiger partial charge is 0.357 e. The summed E-state index contributed by atoms with van der Waals surface area (Å²) in [6.45, 7) is 2.83. The van der Waals surface area contributed by atoms with E-state index >= 15 is 0 Å². The Bertz CT molecular complexity index is 290. The quantitative estimate of drug-likeness (QED) is 0.792. The van der Waals surface area contributed by atoms with Crippen molar-refractivity contribution in [1.82, 2.24) is 15.0 Å². The second kappa shape index (κ2) is 4.23. The molecule has 0 aliphatic heterocycles. The van der Waals surface area contributed by atoms with Gasteiger partial charge in [-0.25, -0.2) is 0 Å². The number of hydrogen-bond acceptors (Lipinski definition) is 5. The van der Waals surface area contributed by atoms with Gasteiger partial charge in [-0.05, 0) is 18.5 Å². The smallest absolute Gasteiger partial charge is 0.231 e. The summed E-state index contributed by atoms with van der Waals surface area (Å²) in [5, 5.41) is 3.02. The van der Waals surface area contributed by atoms with Crippen LogP contribution in [0.25, 0.3) is 0 Å². The number of nitrogens with one attached hydrogen (secondary N) is 1. The van der Waals surface area contributed by atoms with Crippen molar-refractivity contribution < 1.29 is 0 Å². The van der Waals surface area contributed by atoms with Crippen LogP contribution in [-0.4, -0.2) is 35.6 Å². The summed E-state index contributed by atoms with van der Waals surface area (Å²) in [7, 11) is 3.63. The molecule has 1 rings (SSSR count). The lowest BCUT2D eigenvalue weighted by Crippen LogP contribution is -2.19. The Morgan fingerprint density at radius 2 is 2.08 bits per heavy atom. The van der Waals surface area contributed by atoms with Gasteiger partial charge in [-0.1, -0.05) is 0 Å². The van der Waals surface area contributed by atoms with Gasteiger partial charge in [0.1, 0.15) is 0 Å². The molecule has 0 aromatic carbocycles. The summed E-state index contributed by atoms with van der Waals surface area (Å²) in [6.07, 6.45) is 0. The van der Waals surface area contributed by atoms with E-state index in [0.29, 0.717) is 11.9 Å². The molecule has 0 bridgehead atoms. The van der Waals surface area contributed by atoms with Crippen LogP contribution in [0.4, 0.5) is 11.9 Å². The topological polar surface area (TPSA) is 53.9 Å². The molecule has 0 saturated heterocycles. The van der Waals surface area contributed by atoms with Gasteiger partial charge < -0.3 is 10.2 Å². The minimum Gasteiger partial charge on any atom is -0.357 e. The fourth-order valence-corrected chi connectivity index (χ4v) is 0.919. The lowest BCUT2D eigenvalue weighted by atomic mass is 10.6. The molecule has 0 aliphatic carbocycles. The van der Waals surface area contributed by atoms with Crippen molar-refractivity contribution >= 4 is 23.5 Å². The van der Waals surface area contributed by atoms with Crippen LogP contribution in [0.1, 0.15) is 6.92 Å². The maximum Gasteiger partial charge on any atom is 0.231 e. The standard InChI is InChI=1S/C7H12ClN5/c1-4-13(3)7-11-5(8)10-6(9-2)12-7/h4H2,1-3H3,(H,9,10,11,12). The summed E-state index contributed by atoms with van der Waals surface area (Å²) in [5.74, 6) is 1.06. The fourth-order valence-electron chi connectivity index (χ4n) is 0.764. The molecule has 1 aromatic rings. The van der Waals surface area contributed by atoms with Gasteiger partial charge >= 0.3 is 0 Å². The highest BCUT2D eigenvalue weighted by Gasteiger charge is 2.06. The molecule has 0 atom stereocenters. The van der Waals surface area contributed by atoms with Crippen molar-refractivity contribution in [3.05, 3.63) is 5.28 Å². The molecule has 0 fully saturated rings. The van der Waals surface area contributed by atoms with Crippen LogP contribution in [-0.2, 0) is 0 Å². The van der Waals surface area contributed by atoms with E-state index < -0.39 is 0 Å². The second-order valence-corrected chi connectivity index (χ2v) is 2.83. The van der Waals surface area contributed by atoms with Crippen molar-refractivity contribution in [1.29, 1.82) is 0 Å². The first-order valence-electron chi connectivity index (χ1n) is 3.97. The monoisotopic (exact) mass is 201 g/mol. The number of nitrogens with zero attached hydrogens (tertiary/aromatic N) is 4. The summed E-state index contributed by atoms with van der Waals surface area (Å²) in [4.78, 5) is 13.9. The van der Waals surface area contributed by atoms with E-state index in [-0.39, 0.29) is 5.28 Å². The molecule has 1 aromatic heterocycles. The molecule has 0 unspecified atom stereocenters. The Hall–Kier alpha value is -1.10. The number of aromatic nitrogens is 3. The number of halogens is 1. The molecule has 0 spiro atoms. The van der Waals surface area contributed by atoms with Crippen LogP contribution in [0.5, 0.6) is 0 Å². The van der Waals surface area contributed by atoms with Gasteiger partial charge in [-0.2, -0.15) is 15.0 Å². The zero-order chi connectivity index (χ0) is 9.84. The third-order valence-electron chi connectivity index (χ3n) is 1.64. The maximum absolute atomic E-state index is 5.70. The lowest BCUT2D eigenvalue weighted by Gasteiger charge is -2.14. The molecule has 5 nitrogen and oxygen atoms in total. The van der Waals surface area contributed by atoms with Gasteiger partial charge in [0.2, 0.25) is 17.2 Å². The molecular weight excluding hydrogens is 190 g/mol. The Labute approximate surface area is 82.2 Å². The van der Waals surface area contributed by atoms with Gasteiger partial charge in [-0.3, -0.25) is 0 Å². The maximum atomic E-state index is 5.70. The highest BCUT2D eigenvalue weighted by molar-refractivity contribution is 6.28. The fraction of sp³-hybridized carbons (Fsp3) is 0.571. The zero-order valence-electron chi connectivity index (χ0n) is 7.87. The van der Waals surface area contributed by atoms with E-state index in [9.17, 15) is 0 Å². The normalized spacial score (nSPS) is 9.85. The third-order valence-corrected chi connectivity index (χ3v) is 1.80. The zero-order valence-corrected chi connectivity index (χ0v) is 8.63. The Kier molecular flexibility index (Phi) is 3.25. The van der Waals surface area contributed by atoms with Gasteiger partial charge in [0.05, 0.1) is 0 Å². The summed E-state index contributed by atoms with van der Waals surface area (Å²) in [5.41, 5.74) is 0. The third kappa shape index (κ3) is 2.42. The van der Waals surface area contributed by atoms with Crippen LogP contribution >= 0.6 is 11.6 Å². The van der Waals surface area contributed by atoms with E-state index in [4.69, 9.17) is 11.6 Å². The predicted molar refractivity (Wildman–Crippen MR) is 53.3 cm³/mol. The second-order valence-electron chi connectivity index (χ2n) is 2.49. The summed E-state index contributed by atoms with van der Waals surface area (Å²) < 4.78 is 0. The first-order chi connectivity index (χ1) is 6.17.